The summed E-state index contributed by atoms with van der Waals surface area (Å²) in [6, 6.07) is 7.31. The van der Waals surface area contributed by atoms with Gasteiger partial charge < -0.3 is 4.74 Å². The number of benzene rings is 1. The summed E-state index contributed by atoms with van der Waals surface area (Å²) in [5, 5.41) is 9.01. The summed E-state index contributed by atoms with van der Waals surface area (Å²) in [6.07, 6.45) is 4.89. The van der Waals surface area contributed by atoms with Crippen LogP contribution in [0.4, 0.5) is 0 Å². The van der Waals surface area contributed by atoms with Gasteiger partial charge in [0.2, 0.25) is 0 Å². The van der Waals surface area contributed by atoms with Crippen molar-refractivity contribution in [1.29, 1.82) is 5.26 Å². The Balaban J connectivity index is 2.22. The van der Waals surface area contributed by atoms with Gasteiger partial charge in [0, 0.05) is 18.8 Å². The van der Waals surface area contributed by atoms with Gasteiger partial charge in [-0.25, -0.2) is 0 Å². The zero-order valence-electron chi connectivity index (χ0n) is 15.2. The summed E-state index contributed by atoms with van der Waals surface area (Å²) in [5.41, 5.74) is 2.64. The Hall–Kier alpha value is -2.41. The van der Waals surface area contributed by atoms with Crippen molar-refractivity contribution in [2.45, 2.75) is 59.3 Å². The minimum absolute atomic E-state index is 0.00147. The van der Waals surface area contributed by atoms with E-state index < -0.39 is 0 Å². The summed E-state index contributed by atoms with van der Waals surface area (Å²) < 4.78 is 5.57. The summed E-state index contributed by atoms with van der Waals surface area (Å²) in [7, 11) is 0. The molecular weight excluding hydrogens is 314 g/mol. The molecule has 0 saturated heterocycles. The molecule has 1 aliphatic carbocycles. The van der Waals surface area contributed by atoms with E-state index in [4.69, 9.17) is 10.00 Å². The molecule has 0 heterocycles. The van der Waals surface area contributed by atoms with Crippen LogP contribution in [0.25, 0.3) is 5.57 Å². The third kappa shape index (κ3) is 4.57. The SMILES string of the molecule is CCCCCCC(=O)OC1=C(c2ccc(C#N)cc2C)C(=O)C(C)C1. The Kier molecular flexibility index (Phi) is 6.52. The standard InChI is InChI=1S/C21H25NO3/c1-4-5-6-7-8-19(23)25-18-12-15(3)21(24)20(18)17-10-9-16(13-22)11-14(17)2/h9-11,15H,4-8,12H2,1-3H3. The molecule has 0 N–H and O–H groups in total. The van der Waals surface area contributed by atoms with Crippen LogP contribution < -0.4 is 0 Å². The quantitative estimate of drug-likeness (QED) is 0.533. The van der Waals surface area contributed by atoms with Gasteiger partial charge in [0.1, 0.15) is 5.76 Å². The molecule has 132 valence electrons. The van der Waals surface area contributed by atoms with Crippen molar-refractivity contribution in [2.24, 2.45) is 5.92 Å². The molecule has 1 unspecified atom stereocenters. The average molecular weight is 339 g/mol. The van der Waals surface area contributed by atoms with Crippen LogP contribution in [0.3, 0.4) is 0 Å². The lowest BCUT2D eigenvalue weighted by Crippen LogP contribution is -2.07. The molecule has 1 aliphatic rings. The number of unbranched alkanes of at least 4 members (excludes halogenated alkanes) is 3. The van der Waals surface area contributed by atoms with Gasteiger partial charge in [-0.1, -0.05) is 39.2 Å². The fourth-order valence-electron chi connectivity index (χ4n) is 3.13. The summed E-state index contributed by atoms with van der Waals surface area (Å²) in [5.74, 6) is 0.0251. The Morgan fingerprint density at radius 3 is 2.72 bits per heavy atom. The van der Waals surface area contributed by atoms with Gasteiger partial charge in [-0.3, -0.25) is 9.59 Å². The number of aryl methyl sites for hydroxylation is 1. The van der Waals surface area contributed by atoms with Crippen LogP contribution in [0.15, 0.2) is 24.0 Å². The van der Waals surface area contributed by atoms with Gasteiger partial charge in [0.05, 0.1) is 17.2 Å². The van der Waals surface area contributed by atoms with Crippen LogP contribution in [0.2, 0.25) is 0 Å². The van der Waals surface area contributed by atoms with E-state index in [1.807, 2.05) is 13.8 Å². The van der Waals surface area contributed by atoms with Crippen LogP contribution >= 0.6 is 0 Å². The lowest BCUT2D eigenvalue weighted by Gasteiger charge is -2.10. The number of carbonyl (C=O) groups excluding carboxylic acids is 2. The zero-order valence-corrected chi connectivity index (χ0v) is 15.2. The second-order valence-electron chi connectivity index (χ2n) is 6.69. The largest absolute Gasteiger partial charge is 0.430 e. The number of nitrogens with zero attached hydrogens (tertiary/aromatic N) is 1. The Bertz CT molecular complexity index is 740. The van der Waals surface area contributed by atoms with Crippen LogP contribution in [0, 0.1) is 24.2 Å². The van der Waals surface area contributed by atoms with Crippen molar-refractivity contribution in [3.05, 3.63) is 40.6 Å². The number of allylic oxidation sites excluding steroid dienone is 2. The highest BCUT2D eigenvalue weighted by atomic mass is 16.5. The molecule has 4 heteroatoms. The number of ether oxygens (including phenoxy) is 1. The number of hydrogen-bond donors (Lipinski definition) is 0. The highest BCUT2D eigenvalue weighted by molar-refractivity contribution is 6.24. The number of nitriles is 1. The van der Waals surface area contributed by atoms with Crippen molar-refractivity contribution in [1.82, 2.24) is 0 Å². The first-order chi connectivity index (χ1) is 12.0. The fraction of sp³-hybridized carbons (Fsp3) is 0.476. The van der Waals surface area contributed by atoms with Gasteiger partial charge in [-0.05, 0) is 36.6 Å². The molecule has 0 spiro atoms. The van der Waals surface area contributed by atoms with E-state index in [9.17, 15) is 9.59 Å². The third-order valence-corrected chi connectivity index (χ3v) is 4.56. The second-order valence-corrected chi connectivity index (χ2v) is 6.69. The van der Waals surface area contributed by atoms with E-state index in [0.29, 0.717) is 29.7 Å². The normalized spacial score (nSPS) is 16.9. The smallest absolute Gasteiger partial charge is 0.310 e. The molecule has 0 fully saturated rings. The van der Waals surface area contributed by atoms with E-state index in [-0.39, 0.29) is 17.7 Å². The molecule has 0 bridgehead atoms. The van der Waals surface area contributed by atoms with Crippen LogP contribution in [0.1, 0.15) is 69.1 Å². The average Bonchev–Trinajstić information content (AvgIpc) is 2.85. The molecule has 1 aromatic rings. The number of ketones is 1. The predicted molar refractivity (Wildman–Crippen MR) is 96.5 cm³/mol. The highest BCUT2D eigenvalue weighted by Crippen LogP contribution is 2.37. The summed E-state index contributed by atoms with van der Waals surface area (Å²) in [4.78, 5) is 24.7. The molecule has 2 rings (SSSR count). The number of carbonyl (C=O) groups is 2. The molecule has 4 nitrogen and oxygen atoms in total. The number of Topliss-reactive ketones (excluding diaryl/α,β-unsaturated/α-hetero) is 1. The maximum absolute atomic E-state index is 12.6. The number of rotatable bonds is 7. The molecule has 0 amide bonds. The fourth-order valence-corrected chi connectivity index (χ4v) is 3.13. The molecule has 0 radical (unpaired) electrons. The Labute approximate surface area is 149 Å². The summed E-state index contributed by atoms with van der Waals surface area (Å²) in [6.45, 7) is 5.84. The van der Waals surface area contributed by atoms with Gasteiger partial charge in [0.15, 0.2) is 5.78 Å². The highest BCUT2D eigenvalue weighted by Gasteiger charge is 2.34. The molecule has 1 aromatic carbocycles. The maximum atomic E-state index is 12.6. The first-order valence-electron chi connectivity index (χ1n) is 8.97. The maximum Gasteiger partial charge on any atom is 0.310 e. The molecule has 1 atom stereocenters. The Morgan fingerprint density at radius 1 is 1.32 bits per heavy atom. The van der Waals surface area contributed by atoms with Crippen LogP contribution in [0.5, 0.6) is 0 Å². The number of hydrogen-bond acceptors (Lipinski definition) is 4. The van der Waals surface area contributed by atoms with Crippen LogP contribution in [-0.4, -0.2) is 11.8 Å². The van der Waals surface area contributed by atoms with Gasteiger partial charge >= 0.3 is 5.97 Å². The minimum atomic E-state index is -0.267. The lowest BCUT2D eigenvalue weighted by atomic mass is 9.95. The van der Waals surface area contributed by atoms with Gasteiger partial charge in [-0.15, -0.1) is 0 Å². The second kappa shape index (κ2) is 8.62. The van der Waals surface area contributed by atoms with E-state index in [1.54, 1.807) is 18.2 Å². The third-order valence-electron chi connectivity index (χ3n) is 4.56. The Morgan fingerprint density at radius 2 is 2.08 bits per heavy atom. The number of esters is 1. The molecule has 25 heavy (non-hydrogen) atoms. The molecular formula is C21H25NO3. The predicted octanol–water partition coefficient (Wildman–Crippen LogP) is 4.70. The topological polar surface area (TPSA) is 67.2 Å². The zero-order chi connectivity index (χ0) is 18.4. The molecule has 0 saturated carbocycles. The first kappa shape index (κ1) is 18.9. The molecule has 0 aliphatic heterocycles. The van der Waals surface area contributed by atoms with Crippen molar-refractivity contribution in [3.8, 4) is 6.07 Å². The monoisotopic (exact) mass is 339 g/mol. The first-order valence-corrected chi connectivity index (χ1v) is 8.97. The van der Waals surface area contributed by atoms with E-state index in [2.05, 4.69) is 13.0 Å². The summed E-state index contributed by atoms with van der Waals surface area (Å²) >= 11 is 0. The van der Waals surface area contributed by atoms with E-state index in [1.165, 1.54) is 0 Å². The van der Waals surface area contributed by atoms with Crippen molar-refractivity contribution < 1.29 is 14.3 Å². The lowest BCUT2D eigenvalue weighted by molar-refractivity contribution is -0.139. The van der Waals surface area contributed by atoms with Gasteiger partial charge in [0.25, 0.3) is 0 Å². The van der Waals surface area contributed by atoms with Gasteiger partial charge in [-0.2, -0.15) is 5.26 Å². The van der Waals surface area contributed by atoms with Crippen LogP contribution in [-0.2, 0) is 14.3 Å². The van der Waals surface area contributed by atoms with Crippen molar-refractivity contribution in [3.63, 3.8) is 0 Å². The minimum Gasteiger partial charge on any atom is -0.430 e. The molecule has 0 aromatic heterocycles. The van der Waals surface area contributed by atoms with Crippen molar-refractivity contribution >= 4 is 17.3 Å². The van der Waals surface area contributed by atoms with E-state index >= 15 is 0 Å². The van der Waals surface area contributed by atoms with Crippen molar-refractivity contribution in [2.75, 3.05) is 0 Å². The van der Waals surface area contributed by atoms with E-state index in [0.717, 1.165) is 36.8 Å².